The third-order valence-corrected chi connectivity index (χ3v) is 1.86. The van der Waals surface area contributed by atoms with Crippen molar-refractivity contribution in [2.45, 2.75) is 12.8 Å². The van der Waals surface area contributed by atoms with Gasteiger partial charge in [0.05, 0.1) is 0 Å². The van der Waals surface area contributed by atoms with Crippen LogP contribution in [-0.2, 0) is 9.59 Å². The second-order valence-corrected chi connectivity index (χ2v) is 2.84. The van der Waals surface area contributed by atoms with E-state index in [0.29, 0.717) is 12.0 Å². The second kappa shape index (κ2) is 3.38. The van der Waals surface area contributed by atoms with Crippen molar-refractivity contribution in [2.75, 3.05) is 13.6 Å². The molecule has 0 unspecified atom stereocenters. The highest BCUT2D eigenvalue weighted by Crippen LogP contribution is 2.14. The van der Waals surface area contributed by atoms with E-state index in [1.807, 2.05) is 0 Å². The highest BCUT2D eigenvalue weighted by Gasteiger charge is 2.20. The van der Waals surface area contributed by atoms with Crippen LogP contribution in [0, 0.1) is 0 Å². The molecule has 1 heterocycles. The van der Waals surface area contributed by atoms with Crippen LogP contribution < -0.4 is 0 Å². The number of carboxylic acid groups (broad SMARTS) is 1. The van der Waals surface area contributed by atoms with E-state index in [0.717, 1.165) is 19.0 Å². The maximum absolute atomic E-state index is 11.3. The Balaban J connectivity index is 2.77. The molecule has 12 heavy (non-hydrogen) atoms. The van der Waals surface area contributed by atoms with Gasteiger partial charge in [0.25, 0.3) is 0 Å². The summed E-state index contributed by atoms with van der Waals surface area (Å²) in [6, 6.07) is 0. The van der Waals surface area contributed by atoms with Crippen LogP contribution in [0.15, 0.2) is 11.6 Å². The van der Waals surface area contributed by atoms with Gasteiger partial charge in [0.2, 0.25) is 5.91 Å². The number of hydrogen-bond donors (Lipinski definition) is 1. The number of nitrogens with zero attached hydrogens (tertiary/aromatic N) is 1. The number of carbonyl (C=O) groups is 2. The van der Waals surface area contributed by atoms with Crippen molar-refractivity contribution >= 4 is 11.9 Å². The smallest absolute Gasteiger partial charge is 0.328 e. The van der Waals surface area contributed by atoms with Crippen molar-refractivity contribution in [3.8, 4) is 0 Å². The molecular weight excluding hydrogens is 158 g/mol. The van der Waals surface area contributed by atoms with Gasteiger partial charge in [0, 0.05) is 25.2 Å². The van der Waals surface area contributed by atoms with Crippen molar-refractivity contribution in [2.24, 2.45) is 0 Å². The number of rotatable bonds is 1. The Labute approximate surface area is 70.5 Å². The maximum Gasteiger partial charge on any atom is 0.328 e. The molecule has 1 rings (SSSR count). The van der Waals surface area contributed by atoms with Crippen molar-refractivity contribution in [1.29, 1.82) is 0 Å². The van der Waals surface area contributed by atoms with E-state index in [-0.39, 0.29) is 5.91 Å². The molecule has 1 amide bonds. The molecule has 0 aliphatic carbocycles. The van der Waals surface area contributed by atoms with Crippen LogP contribution in [0.5, 0.6) is 0 Å². The lowest BCUT2D eigenvalue weighted by molar-refractivity contribution is -0.133. The highest BCUT2D eigenvalue weighted by atomic mass is 16.4. The van der Waals surface area contributed by atoms with Crippen LogP contribution in [0.1, 0.15) is 12.8 Å². The number of piperidine rings is 1. The SMILES string of the molecule is CN1CCC/C(=C/C(=O)O)C1=O. The summed E-state index contributed by atoms with van der Waals surface area (Å²) in [4.78, 5) is 23.1. The van der Waals surface area contributed by atoms with E-state index in [1.54, 1.807) is 7.05 Å². The quantitative estimate of drug-likeness (QED) is 0.572. The minimum atomic E-state index is -1.05. The van der Waals surface area contributed by atoms with Gasteiger partial charge >= 0.3 is 5.97 Å². The Kier molecular flexibility index (Phi) is 2.47. The summed E-state index contributed by atoms with van der Waals surface area (Å²) < 4.78 is 0. The summed E-state index contributed by atoms with van der Waals surface area (Å²) in [5, 5.41) is 8.42. The molecule has 0 aromatic carbocycles. The average Bonchev–Trinajstić information content (AvgIpc) is 1.98. The van der Waals surface area contributed by atoms with Crippen LogP contribution in [0.25, 0.3) is 0 Å². The fourth-order valence-electron chi connectivity index (χ4n) is 1.24. The number of carbonyl (C=O) groups excluding carboxylic acids is 1. The van der Waals surface area contributed by atoms with Gasteiger partial charge in [-0.05, 0) is 12.8 Å². The summed E-state index contributed by atoms with van der Waals surface area (Å²) in [5.74, 6) is -1.21. The van der Waals surface area contributed by atoms with Gasteiger partial charge in [0.15, 0.2) is 0 Å². The molecule has 0 spiro atoms. The molecule has 1 N–H and O–H groups in total. The molecule has 4 heteroatoms. The predicted octanol–water partition coefficient (Wildman–Crippen LogP) is 0.250. The fourth-order valence-corrected chi connectivity index (χ4v) is 1.24. The summed E-state index contributed by atoms with van der Waals surface area (Å²) in [5.41, 5.74) is 0.399. The Morgan fingerprint density at radius 1 is 1.67 bits per heavy atom. The first-order chi connectivity index (χ1) is 5.61. The van der Waals surface area contributed by atoms with Gasteiger partial charge in [-0.25, -0.2) is 4.79 Å². The van der Waals surface area contributed by atoms with E-state index in [4.69, 9.17) is 5.11 Å². The predicted molar refractivity (Wildman–Crippen MR) is 42.6 cm³/mol. The lowest BCUT2D eigenvalue weighted by Crippen LogP contribution is -2.33. The van der Waals surface area contributed by atoms with Gasteiger partial charge in [-0.1, -0.05) is 0 Å². The molecule has 1 saturated heterocycles. The summed E-state index contributed by atoms with van der Waals surface area (Å²) in [6.07, 6.45) is 2.43. The number of amides is 1. The first-order valence-corrected chi connectivity index (χ1v) is 3.80. The lowest BCUT2D eigenvalue weighted by Gasteiger charge is -2.23. The molecule has 0 bridgehead atoms. The number of likely N-dealkylation sites (tertiary alicyclic amines) is 1. The first-order valence-electron chi connectivity index (χ1n) is 3.80. The average molecular weight is 169 g/mol. The molecule has 0 aromatic rings. The van der Waals surface area contributed by atoms with E-state index in [1.165, 1.54) is 4.90 Å². The third-order valence-electron chi connectivity index (χ3n) is 1.86. The fraction of sp³-hybridized carbons (Fsp3) is 0.500. The van der Waals surface area contributed by atoms with Gasteiger partial charge < -0.3 is 10.0 Å². The van der Waals surface area contributed by atoms with Crippen molar-refractivity contribution in [3.63, 3.8) is 0 Å². The topological polar surface area (TPSA) is 57.6 Å². The maximum atomic E-state index is 11.3. The molecule has 1 aliphatic heterocycles. The zero-order valence-corrected chi connectivity index (χ0v) is 6.91. The van der Waals surface area contributed by atoms with Gasteiger partial charge in [-0.3, -0.25) is 4.79 Å². The van der Waals surface area contributed by atoms with E-state index in [2.05, 4.69) is 0 Å². The number of hydrogen-bond acceptors (Lipinski definition) is 2. The monoisotopic (exact) mass is 169 g/mol. The first kappa shape index (κ1) is 8.77. The van der Waals surface area contributed by atoms with Crippen LogP contribution in [0.4, 0.5) is 0 Å². The lowest BCUT2D eigenvalue weighted by atomic mass is 10.0. The number of aliphatic carboxylic acids is 1. The zero-order chi connectivity index (χ0) is 9.14. The summed E-state index contributed by atoms with van der Waals surface area (Å²) in [6.45, 7) is 0.718. The number of carboxylic acids is 1. The minimum Gasteiger partial charge on any atom is -0.478 e. The molecule has 0 atom stereocenters. The second-order valence-electron chi connectivity index (χ2n) is 2.84. The van der Waals surface area contributed by atoms with E-state index < -0.39 is 5.97 Å². The van der Waals surface area contributed by atoms with Gasteiger partial charge in [0.1, 0.15) is 0 Å². The summed E-state index contributed by atoms with van der Waals surface area (Å²) in [7, 11) is 1.68. The third kappa shape index (κ3) is 1.84. The van der Waals surface area contributed by atoms with Gasteiger partial charge in [-0.15, -0.1) is 0 Å². The molecule has 4 nitrogen and oxygen atoms in total. The Hall–Kier alpha value is -1.32. The minimum absolute atomic E-state index is 0.163. The van der Waals surface area contributed by atoms with Crippen LogP contribution in [0.2, 0.25) is 0 Å². The zero-order valence-electron chi connectivity index (χ0n) is 6.91. The normalized spacial score (nSPS) is 21.6. The van der Waals surface area contributed by atoms with E-state index >= 15 is 0 Å². The molecule has 0 aromatic heterocycles. The Morgan fingerprint density at radius 2 is 2.33 bits per heavy atom. The van der Waals surface area contributed by atoms with Gasteiger partial charge in [-0.2, -0.15) is 0 Å². The van der Waals surface area contributed by atoms with Crippen molar-refractivity contribution in [3.05, 3.63) is 11.6 Å². The van der Waals surface area contributed by atoms with Crippen LogP contribution in [-0.4, -0.2) is 35.5 Å². The van der Waals surface area contributed by atoms with Crippen LogP contribution >= 0.6 is 0 Å². The van der Waals surface area contributed by atoms with Crippen LogP contribution in [0.3, 0.4) is 0 Å². The van der Waals surface area contributed by atoms with E-state index in [9.17, 15) is 9.59 Å². The largest absolute Gasteiger partial charge is 0.478 e. The molecule has 1 fully saturated rings. The molecule has 66 valence electrons. The molecule has 1 aliphatic rings. The molecule has 0 saturated carbocycles. The molecule has 0 radical (unpaired) electrons. The Morgan fingerprint density at radius 3 is 2.92 bits per heavy atom. The van der Waals surface area contributed by atoms with Crippen molar-refractivity contribution in [1.82, 2.24) is 4.90 Å². The highest BCUT2D eigenvalue weighted by molar-refractivity contribution is 5.99. The number of likely N-dealkylation sites (N-methyl/N-ethyl adjacent to an activating group) is 1. The standard InChI is InChI=1S/C8H11NO3/c1-9-4-2-3-6(8(9)12)5-7(10)11/h5H,2-4H2,1H3,(H,10,11)/b6-5-. The summed E-state index contributed by atoms with van der Waals surface area (Å²) >= 11 is 0. The Bertz CT molecular complexity index is 245. The van der Waals surface area contributed by atoms with Crippen molar-refractivity contribution < 1.29 is 14.7 Å². The molecular formula is C8H11NO3.